The Labute approximate surface area is 65.0 Å². The van der Waals surface area contributed by atoms with Gasteiger partial charge in [0.2, 0.25) is 0 Å². The van der Waals surface area contributed by atoms with Crippen LogP contribution in [0.25, 0.3) is 0 Å². The molecule has 1 rings (SSSR count). The van der Waals surface area contributed by atoms with Crippen molar-refractivity contribution in [2.75, 3.05) is 5.73 Å². The van der Waals surface area contributed by atoms with Crippen LogP contribution in [0.2, 0.25) is 0 Å². The standard InChI is InChI=1S/C8H11FN2/c1-5(10)7-4-6(11)2-3-8(7)9/h2-5H,10-11H2,1H3/t5-/m1/s1. The van der Waals surface area contributed by atoms with E-state index in [1.807, 2.05) is 0 Å². The maximum Gasteiger partial charge on any atom is 0.128 e. The Kier molecular flexibility index (Phi) is 2.10. The van der Waals surface area contributed by atoms with Gasteiger partial charge in [0, 0.05) is 17.3 Å². The highest BCUT2D eigenvalue weighted by molar-refractivity contribution is 5.42. The van der Waals surface area contributed by atoms with Gasteiger partial charge in [-0.3, -0.25) is 0 Å². The average Bonchev–Trinajstić information content (AvgIpc) is 1.94. The van der Waals surface area contributed by atoms with E-state index in [1.54, 1.807) is 13.0 Å². The quantitative estimate of drug-likeness (QED) is 0.601. The molecular weight excluding hydrogens is 143 g/mol. The predicted octanol–water partition coefficient (Wildman–Crippen LogP) is 1.43. The van der Waals surface area contributed by atoms with Crippen LogP contribution in [0, 0.1) is 5.82 Å². The van der Waals surface area contributed by atoms with Crippen molar-refractivity contribution < 1.29 is 4.39 Å². The lowest BCUT2D eigenvalue weighted by Crippen LogP contribution is -2.07. The van der Waals surface area contributed by atoms with Gasteiger partial charge in [-0.2, -0.15) is 0 Å². The smallest absolute Gasteiger partial charge is 0.128 e. The zero-order chi connectivity index (χ0) is 8.43. The molecule has 0 bridgehead atoms. The first kappa shape index (κ1) is 8.01. The third kappa shape index (κ3) is 1.68. The summed E-state index contributed by atoms with van der Waals surface area (Å²) in [6.45, 7) is 1.72. The number of nitrogen functional groups attached to an aromatic ring is 1. The fourth-order valence-electron chi connectivity index (χ4n) is 0.911. The third-order valence-electron chi connectivity index (χ3n) is 1.51. The Morgan fingerprint density at radius 3 is 2.55 bits per heavy atom. The van der Waals surface area contributed by atoms with Crippen LogP contribution in [-0.2, 0) is 0 Å². The van der Waals surface area contributed by atoms with Gasteiger partial charge >= 0.3 is 0 Å². The second kappa shape index (κ2) is 2.88. The van der Waals surface area contributed by atoms with Gasteiger partial charge in [0.05, 0.1) is 0 Å². The Morgan fingerprint density at radius 1 is 1.45 bits per heavy atom. The Bertz CT molecular complexity index is 258. The van der Waals surface area contributed by atoms with Crippen LogP contribution in [0.1, 0.15) is 18.5 Å². The van der Waals surface area contributed by atoms with E-state index in [9.17, 15) is 4.39 Å². The van der Waals surface area contributed by atoms with Gasteiger partial charge in [-0.1, -0.05) is 0 Å². The van der Waals surface area contributed by atoms with E-state index in [0.29, 0.717) is 11.3 Å². The van der Waals surface area contributed by atoms with Crippen molar-refractivity contribution in [1.82, 2.24) is 0 Å². The first-order valence-electron chi connectivity index (χ1n) is 3.42. The summed E-state index contributed by atoms with van der Waals surface area (Å²) in [6, 6.07) is 4.09. The molecule has 1 aromatic carbocycles. The molecule has 0 heterocycles. The van der Waals surface area contributed by atoms with Gasteiger partial charge in [0.1, 0.15) is 5.82 Å². The van der Waals surface area contributed by atoms with Crippen LogP contribution >= 0.6 is 0 Å². The summed E-state index contributed by atoms with van der Waals surface area (Å²) in [7, 11) is 0. The van der Waals surface area contributed by atoms with Crippen molar-refractivity contribution in [3.8, 4) is 0 Å². The number of halogens is 1. The van der Waals surface area contributed by atoms with Crippen molar-refractivity contribution in [2.45, 2.75) is 13.0 Å². The van der Waals surface area contributed by atoms with Crippen LogP contribution in [0.4, 0.5) is 10.1 Å². The lowest BCUT2D eigenvalue weighted by Gasteiger charge is -2.06. The topological polar surface area (TPSA) is 52.0 Å². The van der Waals surface area contributed by atoms with E-state index in [4.69, 9.17) is 11.5 Å². The highest BCUT2D eigenvalue weighted by Crippen LogP contribution is 2.17. The first-order valence-corrected chi connectivity index (χ1v) is 3.42. The minimum Gasteiger partial charge on any atom is -0.399 e. The number of hydrogen-bond acceptors (Lipinski definition) is 2. The van der Waals surface area contributed by atoms with Crippen LogP contribution in [0.15, 0.2) is 18.2 Å². The van der Waals surface area contributed by atoms with E-state index in [1.165, 1.54) is 12.1 Å². The second-order valence-corrected chi connectivity index (χ2v) is 2.57. The maximum absolute atomic E-state index is 12.9. The molecule has 4 N–H and O–H groups in total. The number of benzene rings is 1. The van der Waals surface area contributed by atoms with Gasteiger partial charge in [-0.15, -0.1) is 0 Å². The molecule has 0 spiro atoms. The van der Waals surface area contributed by atoms with E-state index in [0.717, 1.165) is 0 Å². The molecule has 0 saturated carbocycles. The fourth-order valence-corrected chi connectivity index (χ4v) is 0.911. The molecule has 1 aromatic rings. The number of nitrogens with two attached hydrogens (primary N) is 2. The monoisotopic (exact) mass is 154 g/mol. The zero-order valence-electron chi connectivity index (χ0n) is 6.34. The van der Waals surface area contributed by atoms with E-state index >= 15 is 0 Å². The van der Waals surface area contributed by atoms with Gasteiger partial charge in [0.15, 0.2) is 0 Å². The predicted molar refractivity (Wildman–Crippen MR) is 43.4 cm³/mol. The molecule has 2 nitrogen and oxygen atoms in total. The normalized spacial score (nSPS) is 13.0. The molecule has 0 aliphatic rings. The molecule has 0 fully saturated rings. The number of anilines is 1. The Balaban J connectivity index is 3.13. The Morgan fingerprint density at radius 2 is 2.09 bits per heavy atom. The van der Waals surface area contributed by atoms with E-state index in [-0.39, 0.29) is 11.9 Å². The van der Waals surface area contributed by atoms with Gasteiger partial charge in [0.25, 0.3) is 0 Å². The molecule has 0 unspecified atom stereocenters. The Hall–Kier alpha value is -1.09. The summed E-state index contributed by atoms with van der Waals surface area (Å²) in [6.07, 6.45) is 0. The molecule has 0 radical (unpaired) electrons. The van der Waals surface area contributed by atoms with E-state index in [2.05, 4.69) is 0 Å². The minimum atomic E-state index is -0.307. The molecular formula is C8H11FN2. The minimum absolute atomic E-state index is 0.297. The SMILES string of the molecule is C[C@@H](N)c1cc(N)ccc1F. The van der Waals surface area contributed by atoms with Gasteiger partial charge in [-0.25, -0.2) is 4.39 Å². The first-order chi connectivity index (χ1) is 5.11. The molecule has 11 heavy (non-hydrogen) atoms. The molecule has 1 atom stereocenters. The van der Waals surface area contributed by atoms with Crippen LogP contribution in [0.5, 0.6) is 0 Å². The second-order valence-electron chi connectivity index (χ2n) is 2.57. The van der Waals surface area contributed by atoms with Crippen molar-refractivity contribution in [1.29, 1.82) is 0 Å². The van der Waals surface area contributed by atoms with Crippen LogP contribution in [0.3, 0.4) is 0 Å². The van der Waals surface area contributed by atoms with Crippen molar-refractivity contribution >= 4 is 5.69 Å². The maximum atomic E-state index is 12.9. The molecule has 0 aliphatic heterocycles. The van der Waals surface area contributed by atoms with E-state index < -0.39 is 0 Å². The van der Waals surface area contributed by atoms with Crippen molar-refractivity contribution in [2.24, 2.45) is 5.73 Å². The lowest BCUT2D eigenvalue weighted by molar-refractivity contribution is 0.594. The summed E-state index contributed by atoms with van der Waals surface area (Å²) >= 11 is 0. The molecule has 0 aliphatic carbocycles. The number of hydrogen-bond donors (Lipinski definition) is 2. The van der Waals surface area contributed by atoms with Crippen molar-refractivity contribution in [3.05, 3.63) is 29.6 Å². The molecule has 0 aromatic heterocycles. The summed E-state index contributed by atoms with van der Waals surface area (Å²) in [5, 5.41) is 0. The van der Waals surface area contributed by atoms with Crippen molar-refractivity contribution in [3.63, 3.8) is 0 Å². The summed E-state index contributed by atoms with van der Waals surface area (Å²) in [5.41, 5.74) is 11.9. The van der Waals surface area contributed by atoms with Gasteiger partial charge < -0.3 is 11.5 Å². The molecule has 0 amide bonds. The lowest BCUT2D eigenvalue weighted by atomic mass is 10.1. The van der Waals surface area contributed by atoms with Gasteiger partial charge in [-0.05, 0) is 25.1 Å². The average molecular weight is 154 g/mol. The fraction of sp³-hybridized carbons (Fsp3) is 0.250. The molecule has 60 valence electrons. The molecule has 0 saturated heterocycles. The van der Waals surface area contributed by atoms with Crippen LogP contribution in [-0.4, -0.2) is 0 Å². The number of rotatable bonds is 1. The third-order valence-corrected chi connectivity index (χ3v) is 1.51. The van der Waals surface area contributed by atoms with Crippen LogP contribution < -0.4 is 11.5 Å². The summed E-state index contributed by atoms with van der Waals surface area (Å²) < 4.78 is 12.9. The summed E-state index contributed by atoms with van der Waals surface area (Å²) in [4.78, 5) is 0. The zero-order valence-corrected chi connectivity index (χ0v) is 6.34. The molecule has 3 heteroatoms. The summed E-state index contributed by atoms with van der Waals surface area (Å²) in [5.74, 6) is -0.297. The highest BCUT2D eigenvalue weighted by Gasteiger charge is 2.05. The highest BCUT2D eigenvalue weighted by atomic mass is 19.1. The largest absolute Gasteiger partial charge is 0.399 e.